The Hall–Kier alpha value is -1.44. The van der Waals surface area contributed by atoms with E-state index < -0.39 is 11.6 Å². The number of rotatable bonds is 4. The SMILES string of the molecule is CC.CC(=O)C(=O)c1ccccc1C.CCCCC. The number of aryl methyl sites for hydroxylation is 1. The van der Waals surface area contributed by atoms with Gasteiger partial charge in [-0.15, -0.1) is 0 Å². The van der Waals surface area contributed by atoms with E-state index in [4.69, 9.17) is 0 Å². The van der Waals surface area contributed by atoms with Crippen LogP contribution in [0.15, 0.2) is 24.3 Å². The molecule has 0 heterocycles. The Morgan fingerprint density at radius 1 is 1.00 bits per heavy atom. The van der Waals surface area contributed by atoms with Crippen molar-refractivity contribution in [2.24, 2.45) is 0 Å². The lowest BCUT2D eigenvalue weighted by molar-refractivity contribution is -0.113. The molecule has 108 valence electrons. The first kappa shape index (κ1) is 19.9. The summed E-state index contributed by atoms with van der Waals surface area (Å²) in [4.78, 5) is 22.0. The van der Waals surface area contributed by atoms with E-state index in [-0.39, 0.29) is 0 Å². The summed E-state index contributed by atoms with van der Waals surface area (Å²) in [5.41, 5.74) is 1.35. The maximum atomic E-state index is 11.2. The third-order valence-electron chi connectivity index (χ3n) is 2.42. The monoisotopic (exact) mass is 264 g/mol. The van der Waals surface area contributed by atoms with Gasteiger partial charge in [0.15, 0.2) is 5.78 Å². The van der Waals surface area contributed by atoms with Gasteiger partial charge in [-0.05, 0) is 12.5 Å². The molecule has 2 nitrogen and oxygen atoms in total. The quantitative estimate of drug-likeness (QED) is 0.567. The van der Waals surface area contributed by atoms with Crippen molar-refractivity contribution in [1.29, 1.82) is 0 Å². The molecule has 0 aromatic heterocycles. The van der Waals surface area contributed by atoms with Crippen molar-refractivity contribution in [1.82, 2.24) is 0 Å². The zero-order valence-corrected chi connectivity index (χ0v) is 13.2. The molecule has 0 aliphatic rings. The second kappa shape index (κ2) is 13.0. The van der Waals surface area contributed by atoms with Crippen LogP contribution in [-0.4, -0.2) is 11.6 Å². The molecule has 0 fully saturated rings. The summed E-state index contributed by atoms with van der Waals surface area (Å²) in [5.74, 6) is -0.822. The number of hydrogen-bond donors (Lipinski definition) is 0. The van der Waals surface area contributed by atoms with Crippen molar-refractivity contribution in [2.45, 2.75) is 60.8 Å². The number of benzene rings is 1. The maximum Gasteiger partial charge on any atom is 0.228 e. The van der Waals surface area contributed by atoms with Gasteiger partial charge in [-0.2, -0.15) is 0 Å². The first-order valence-corrected chi connectivity index (χ1v) is 7.15. The van der Waals surface area contributed by atoms with Crippen LogP contribution in [0.1, 0.15) is 69.8 Å². The molecule has 1 rings (SSSR count). The number of unbranched alkanes of at least 4 members (excludes halogenated alkanes) is 2. The maximum absolute atomic E-state index is 11.2. The highest BCUT2D eigenvalue weighted by molar-refractivity contribution is 6.43. The summed E-state index contributed by atoms with van der Waals surface area (Å²) in [6.45, 7) is 11.5. The van der Waals surface area contributed by atoms with Gasteiger partial charge >= 0.3 is 0 Å². The number of hydrogen-bond acceptors (Lipinski definition) is 2. The largest absolute Gasteiger partial charge is 0.291 e. The molecule has 0 N–H and O–H groups in total. The Bertz CT molecular complexity index is 365. The molecule has 0 spiro atoms. The molecule has 0 unspecified atom stereocenters. The van der Waals surface area contributed by atoms with Crippen molar-refractivity contribution >= 4 is 11.6 Å². The number of Topliss-reactive ketones (excluding diaryl/α,β-unsaturated/α-hetero) is 2. The van der Waals surface area contributed by atoms with Crippen molar-refractivity contribution in [3.8, 4) is 0 Å². The van der Waals surface area contributed by atoms with Crippen LogP contribution in [0, 0.1) is 6.92 Å². The zero-order chi connectivity index (χ0) is 15.3. The lowest BCUT2D eigenvalue weighted by Crippen LogP contribution is -2.10. The molecule has 0 aliphatic heterocycles. The van der Waals surface area contributed by atoms with Crippen LogP contribution in [0.3, 0.4) is 0 Å². The summed E-state index contributed by atoms with van der Waals surface area (Å²) in [6, 6.07) is 7.07. The van der Waals surface area contributed by atoms with Crippen LogP contribution in [0.2, 0.25) is 0 Å². The number of carbonyl (C=O) groups is 2. The summed E-state index contributed by atoms with van der Waals surface area (Å²) in [6.07, 6.45) is 4.08. The molecule has 0 amide bonds. The summed E-state index contributed by atoms with van der Waals surface area (Å²) >= 11 is 0. The van der Waals surface area contributed by atoms with Gasteiger partial charge in [-0.1, -0.05) is 71.2 Å². The van der Waals surface area contributed by atoms with Crippen molar-refractivity contribution in [2.75, 3.05) is 0 Å². The zero-order valence-electron chi connectivity index (χ0n) is 13.2. The summed E-state index contributed by atoms with van der Waals surface area (Å²) in [5, 5.41) is 0. The Balaban J connectivity index is 0. The predicted octanol–water partition coefficient (Wildman–Crippen LogP) is 4.99. The summed E-state index contributed by atoms with van der Waals surface area (Å²) < 4.78 is 0. The molecular formula is C17H28O2. The molecular weight excluding hydrogens is 236 g/mol. The van der Waals surface area contributed by atoms with Crippen LogP contribution >= 0.6 is 0 Å². The molecule has 2 heteroatoms. The Labute approximate surface area is 118 Å². The lowest BCUT2D eigenvalue weighted by atomic mass is 10.0. The van der Waals surface area contributed by atoms with E-state index in [0.29, 0.717) is 5.56 Å². The Morgan fingerprint density at radius 3 is 1.79 bits per heavy atom. The first-order valence-electron chi connectivity index (χ1n) is 7.15. The normalized spacial score (nSPS) is 8.53. The second-order valence-corrected chi connectivity index (χ2v) is 4.05. The van der Waals surface area contributed by atoms with Crippen molar-refractivity contribution in [3.05, 3.63) is 35.4 Å². The predicted molar refractivity (Wildman–Crippen MR) is 82.7 cm³/mol. The van der Waals surface area contributed by atoms with E-state index in [1.54, 1.807) is 12.1 Å². The average molecular weight is 264 g/mol. The highest BCUT2D eigenvalue weighted by Crippen LogP contribution is 2.07. The molecule has 0 saturated carbocycles. The van der Waals surface area contributed by atoms with Crippen LogP contribution in [0.25, 0.3) is 0 Å². The number of ketones is 2. The highest BCUT2D eigenvalue weighted by Gasteiger charge is 2.12. The van der Waals surface area contributed by atoms with Gasteiger partial charge in [-0.25, -0.2) is 0 Å². The van der Waals surface area contributed by atoms with E-state index in [1.807, 2.05) is 32.9 Å². The van der Waals surface area contributed by atoms with Gasteiger partial charge in [0.2, 0.25) is 5.78 Å². The van der Waals surface area contributed by atoms with Gasteiger partial charge in [0, 0.05) is 12.5 Å². The van der Waals surface area contributed by atoms with E-state index in [2.05, 4.69) is 13.8 Å². The van der Waals surface area contributed by atoms with E-state index in [9.17, 15) is 9.59 Å². The van der Waals surface area contributed by atoms with Gasteiger partial charge < -0.3 is 0 Å². The molecule has 0 aliphatic carbocycles. The highest BCUT2D eigenvalue weighted by atomic mass is 16.2. The lowest BCUT2D eigenvalue weighted by Gasteiger charge is -1.99. The topological polar surface area (TPSA) is 34.1 Å². The molecule has 1 aromatic carbocycles. The third-order valence-corrected chi connectivity index (χ3v) is 2.42. The van der Waals surface area contributed by atoms with E-state index >= 15 is 0 Å². The van der Waals surface area contributed by atoms with Gasteiger partial charge in [-0.3, -0.25) is 9.59 Å². The van der Waals surface area contributed by atoms with Crippen LogP contribution in [0.4, 0.5) is 0 Å². The van der Waals surface area contributed by atoms with E-state index in [0.717, 1.165) is 5.56 Å². The fourth-order valence-electron chi connectivity index (χ4n) is 1.37. The number of carbonyl (C=O) groups excluding carboxylic acids is 2. The molecule has 0 bridgehead atoms. The van der Waals surface area contributed by atoms with Crippen molar-refractivity contribution < 1.29 is 9.59 Å². The molecule has 0 atom stereocenters. The minimum absolute atomic E-state index is 0.409. The minimum atomic E-state index is -0.413. The van der Waals surface area contributed by atoms with E-state index in [1.165, 1.54) is 26.2 Å². The minimum Gasteiger partial charge on any atom is -0.291 e. The standard InChI is InChI=1S/C10H10O2.C5H12.C2H6/c1-7-5-3-4-6-9(7)10(12)8(2)11;1-3-5-4-2;1-2/h3-6H,1-2H3;3-5H2,1-2H3;1-2H3. The Morgan fingerprint density at radius 2 is 1.47 bits per heavy atom. The fraction of sp³-hybridized carbons (Fsp3) is 0.529. The van der Waals surface area contributed by atoms with Crippen LogP contribution in [0.5, 0.6) is 0 Å². The first-order chi connectivity index (χ1) is 9.04. The third kappa shape index (κ3) is 9.18. The Kier molecular flexibility index (Phi) is 13.6. The molecule has 0 radical (unpaired) electrons. The second-order valence-electron chi connectivity index (χ2n) is 4.05. The van der Waals surface area contributed by atoms with Gasteiger partial charge in [0.25, 0.3) is 0 Å². The molecule has 1 aromatic rings. The van der Waals surface area contributed by atoms with Gasteiger partial charge in [0.05, 0.1) is 0 Å². The van der Waals surface area contributed by atoms with Crippen LogP contribution < -0.4 is 0 Å². The van der Waals surface area contributed by atoms with Crippen LogP contribution in [-0.2, 0) is 4.79 Å². The molecule has 0 saturated heterocycles. The molecule has 19 heavy (non-hydrogen) atoms. The van der Waals surface area contributed by atoms with Crippen molar-refractivity contribution in [3.63, 3.8) is 0 Å². The smallest absolute Gasteiger partial charge is 0.228 e. The summed E-state index contributed by atoms with van der Waals surface area (Å²) in [7, 11) is 0. The average Bonchev–Trinajstić information content (AvgIpc) is 2.42. The van der Waals surface area contributed by atoms with Gasteiger partial charge in [0.1, 0.15) is 0 Å². The fourth-order valence-corrected chi connectivity index (χ4v) is 1.37.